The summed E-state index contributed by atoms with van der Waals surface area (Å²) < 4.78 is 9.87. The van der Waals surface area contributed by atoms with E-state index in [2.05, 4.69) is 0 Å². The minimum Gasteiger partial charge on any atom is -0.212 e. The average molecular weight is 123 g/mol. The second kappa shape index (κ2) is 6.35. The maximum absolute atomic E-state index is 4.94. The lowest BCUT2D eigenvalue weighted by Crippen LogP contribution is -1.78. The molecule has 0 saturated carbocycles. The van der Waals surface area contributed by atoms with Crippen molar-refractivity contribution in [2.24, 2.45) is 0 Å². The summed E-state index contributed by atoms with van der Waals surface area (Å²) in [6.45, 7) is 5.47. The highest BCUT2D eigenvalue weighted by Gasteiger charge is 1.85. The molecule has 0 spiro atoms. The third-order valence-electron chi connectivity index (χ3n) is 0.469. The van der Waals surface area contributed by atoms with Crippen molar-refractivity contribution in [3.05, 3.63) is 0 Å². The van der Waals surface area contributed by atoms with Gasteiger partial charge in [0.05, 0.1) is 13.2 Å². The van der Waals surface area contributed by atoms with E-state index < -0.39 is 0 Å². The van der Waals surface area contributed by atoms with Crippen LogP contribution in [-0.2, 0) is 9.05 Å². The molecule has 0 atom stereocenters. The van der Waals surface area contributed by atoms with Gasteiger partial charge in [-0.15, -0.1) is 0 Å². The summed E-state index contributed by atoms with van der Waals surface area (Å²) in [6, 6.07) is 0. The Morgan fingerprint density at radius 2 is 1.57 bits per heavy atom. The van der Waals surface area contributed by atoms with E-state index in [1.165, 1.54) is 0 Å². The van der Waals surface area contributed by atoms with Crippen molar-refractivity contribution < 1.29 is 9.05 Å². The number of rotatable bonds is 4. The first-order chi connectivity index (χ1) is 3.41. The average Bonchev–Trinajstić information content (AvgIpc) is 1.69. The van der Waals surface area contributed by atoms with Crippen LogP contribution in [0.2, 0.25) is 0 Å². The van der Waals surface area contributed by atoms with Gasteiger partial charge in [-0.25, -0.2) is 9.05 Å². The molecular weight excluding hydrogens is 111 g/mol. The van der Waals surface area contributed by atoms with Crippen molar-refractivity contribution in [1.82, 2.24) is 0 Å². The smallest absolute Gasteiger partial charge is 0.212 e. The molecular formula is C4H12O2P+. The van der Waals surface area contributed by atoms with Gasteiger partial charge in [-0.1, -0.05) is 0 Å². The van der Waals surface area contributed by atoms with Gasteiger partial charge in [0.15, 0.2) is 0 Å². The van der Waals surface area contributed by atoms with Crippen molar-refractivity contribution in [2.45, 2.75) is 13.8 Å². The van der Waals surface area contributed by atoms with Crippen molar-refractivity contribution in [3.8, 4) is 0 Å². The third-order valence-corrected chi connectivity index (χ3v) is 1.41. The summed E-state index contributed by atoms with van der Waals surface area (Å²) in [6.07, 6.45) is 0. The molecule has 2 nitrogen and oxygen atoms in total. The second-order valence-electron chi connectivity index (χ2n) is 1.01. The zero-order chi connectivity index (χ0) is 5.54. The van der Waals surface area contributed by atoms with Crippen molar-refractivity contribution in [1.29, 1.82) is 0 Å². The molecule has 0 bridgehead atoms. The van der Waals surface area contributed by atoms with Gasteiger partial charge in [0, 0.05) is 0 Å². The van der Waals surface area contributed by atoms with Crippen molar-refractivity contribution >= 4 is 9.03 Å². The molecule has 0 radical (unpaired) electrons. The van der Waals surface area contributed by atoms with Gasteiger partial charge >= 0.3 is 0 Å². The van der Waals surface area contributed by atoms with E-state index in [9.17, 15) is 0 Å². The molecule has 3 heteroatoms. The van der Waals surface area contributed by atoms with Gasteiger partial charge in [0.1, 0.15) is 0 Å². The highest BCUT2D eigenvalue weighted by Crippen LogP contribution is 2.10. The topological polar surface area (TPSA) is 18.5 Å². The van der Waals surface area contributed by atoms with Crippen LogP contribution in [0.3, 0.4) is 0 Å². The molecule has 0 saturated heterocycles. The lowest BCUT2D eigenvalue weighted by molar-refractivity contribution is 0.288. The molecule has 0 rings (SSSR count). The Hall–Kier alpha value is 0.350. The van der Waals surface area contributed by atoms with E-state index >= 15 is 0 Å². The van der Waals surface area contributed by atoms with Crippen molar-refractivity contribution in [2.75, 3.05) is 13.2 Å². The number of hydrogen-bond acceptors (Lipinski definition) is 2. The van der Waals surface area contributed by atoms with E-state index in [4.69, 9.17) is 9.05 Å². The predicted molar refractivity (Wildman–Crippen MR) is 33.0 cm³/mol. The Labute approximate surface area is 46.1 Å². The van der Waals surface area contributed by atoms with E-state index in [0.29, 0.717) is 0 Å². The first-order valence-electron chi connectivity index (χ1n) is 2.46. The Kier molecular flexibility index (Phi) is 6.67. The first kappa shape index (κ1) is 7.35. The molecule has 0 aromatic carbocycles. The van der Waals surface area contributed by atoms with Gasteiger partial charge in [-0.05, 0) is 13.8 Å². The molecule has 0 amide bonds. The highest BCUT2D eigenvalue weighted by molar-refractivity contribution is 7.26. The summed E-state index contributed by atoms with van der Waals surface area (Å²) in [4.78, 5) is 0. The monoisotopic (exact) mass is 123 g/mol. The Morgan fingerprint density at radius 3 is 1.86 bits per heavy atom. The third kappa shape index (κ3) is 6.35. The van der Waals surface area contributed by atoms with Crippen LogP contribution >= 0.6 is 9.03 Å². The quantitative estimate of drug-likeness (QED) is 0.414. The summed E-state index contributed by atoms with van der Waals surface area (Å²) in [5.41, 5.74) is 0. The fourth-order valence-electron chi connectivity index (χ4n) is 0.184. The van der Waals surface area contributed by atoms with Crippen LogP contribution in [-0.4, -0.2) is 13.2 Å². The second-order valence-corrected chi connectivity index (χ2v) is 1.87. The minimum atomic E-state index is -0.178. The fourth-order valence-corrected chi connectivity index (χ4v) is 0.553. The molecule has 0 aromatic rings. The summed E-state index contributed by atoms with van der Waals surface area (Å²) >= 11 is 0. The molecule has 0 heterocycles. The predicted octanol–water partition coefficient (Wildman–Crippen LogP) is 1.30. The number of hydrogen-bond donors (Lipinski definition) is 0. The molecule has 44 valence electrons. The van der Waals surface area contributed by atoms with E-state index in [0.717, 1.165) is 13.2 Å². The Bertz CT molecular complexity index is 28.9. The molecule has 0 aliphatic heterocycles. The molecule has 0 fully saturated rings. The van der Waals surface area contributed by atoms with Crippen LogP contribution in [0.15, 0.2) is 0 Å². The van der Waals surface area contributed by atoms with Crippen LogP contribution < -0.4 is 0 Å². The van der Waals surface area contributed by atoms with Gasteiger partial charge in [-0.3, -0.25) is 0 Å². The Morgan fingerprint density at radius 1 is 1.14 bits per heavy atom. The SMILES string of the molecule is CCO[PH2+]OCC. The molecule has 0 N–H and O–H groups in total. The Balaban J connectivity index is 2.45. The molecule has 0 unspecified atom stereocenters. The van der Waals surface area contributed by atoms with E-state index in [-0.39, 0.29) is 9.03 Å². The van der Waals surface area contributed by atoms with Crippen LogP contribution in [0.1, 0.15) is 13.8 Å². The van der Waals surface area contributed by atoms with Gasteiger partial charge in [-0.2, -0.15) is 0 Å². The van der Waals surface area contributed by atoms with Gasteiger partial charge in [0.25, 0.3) is 9.03 Å². The van der Waals surface area contributed by atoms with E-state index in [1.54, 1.807) is 0 Å². The molecule has 0 aliphatic rings. The zero-order valence-electron chi connectivity index (χ0n) is 4.81. The summed E-state index contributed by atoms with van der Waals surface area (Å²) in [5.74, 6) is 0. The molecule has 0 aliphatic carbocycles. The van der Waals surface area contributed by atoms with Crippen molar-refractivity contribution in [3.63, 3.8) is 0 Å². The molecule has 7 heavy (non-hydrogen) atoms. The fraction of sp³-hybridized carbons (Fsp3) is 1.00. The minimum absolute atomic E-state index is 0.178. The lowest BCUT2D eigenvalue weighted by atomic mass is 10.9. The lowest BCUT2D eigenvalue weighted by Gasteiger charge is -1.87. The normalized spacial score (nSPS) is 9.43. The summed E-state index contributed by atoms with van der Waals surface area (Å²) in [5, 5.41) is 0. The maximum Gasteiger partial charge on any atom is 0.250 e. The summed E-state index contributed by atoms with van der Waals surface area (Å²) in [7, 11) is -0.178. The van der Waals surface area contributed by atoms with Crippen LogP contribution in [0, 0.1) is 0 Å². The standard InChI is InChI=1S/C4H12O2P/c1-3-5-7-6-4-2/h3-4,7H2,1-2H3/q+1. The largest absolute Gasteiger partial charge is 0.250 e. The molecule has 0 aromatic heterocycles. The van der Waals surface area contributed by atoms with Gasteiger partial charge < -0.3 is 0 Å². The van der Waals surface area contributed by atoms with E-state index in [1.807, 2.05) is 13.8 Å². The van der Waals surface area contributed by atoms with Crippen LogP contribution in [0.4, 0.5) is 0 Å². The maximum atomic E-state index is 4.94. The first-order valence-corrected chi connectivity index (χ1v) is 3.41. The van der Waals surface area contributed by atoms with Crippen LogP contribution in [0.25, 0.3) is 0 Å². The van der Waals surface area contributed by atoms with Gasteiger partial charge in [0.2, 0.25) is 0 Å². The zero-order valence-corrected chi connectivity index (χ0v) is 5.96. The highest BCUT2D eigenvalue weighted by atomic mass is 31.1. The van der Waals surface area contributed by atoms with Crippen LogP contribution in [0.5, 0.6) is 0 Å².